The van der Waals surface area contributed by atoms with Gasteiger partial charge in [0, 0.05) is 26.2 Å². The van der Waals surface area contributed by atoms with E-state index >= 15 is 0 Å². The fourth-order valence-electron chi connectivity index (χ4n) is 2.37. The predicted molar refractivity (Wildman–Crippen MR) is 64.4 cm³/mol. The first-order valence-corrected chi connectivity index (χ1v) is 6.45. The van der Waals surface area contributed by atoms with Gasteiger partial charge in [-0.2, -0.15) is 0 Å². The van der Waals surface area contributed by atoms with Crippen LogP contribution in [0.4, 0.5) is 0 Å². The van der Waals surface area contributed by atoms with Crippen LogP contribution in [-0.2, 0) is 9.59 Å². The van der Waals surface area contributed by atoms with Crippen LogP contribution in [0, 0.1) is 5.92 Å². The van der Waals surface area contributed by atoms with Gasteiger partial charge in [-0.25, -0.2) is 0 Å². The fraction of sp³-hybridized carbons (Fsp3) is 0.833. The number of rotatable bonds is 2. The summed E-state index contributed by atoms with van der Waals surface area (Å²) in [7, 11) is 0. The average molecular weight is 239 g/mol. The number of piperidine rings is 1. The van der Waals surface area contributed by atoms with E-state index in [1.54, 1.807) is 0 Å². The summed E-state index contributed by atoms with van der Waals surface area (Å²) >= 11 is 0. The summed E-state index contributed by atoms with van der Waals surface area (Å²) in [4.78, 5) is 25.4. The molecule has 2 heterocycles. The molecule has 0 aromatic heterocycles. The Morgan fingerprint density at radius 2 is 2.06 bits per heavy atom. The van der Waals surface area contributed by atoms with Crippen LogP contribution in [0.25, 0.3) is 0 Å². The van der Waals surface area contributed by atoms with Gasteiger partial charge in [0.1, 0.15) is 0 Å². The zero-order valence-electron chi connectivity index (χ0n) is 10.4. The second-order valence-electron chi connectivity index (χ2n) is 5.07. The largest absolute Gasteiger partial charge is 0.353 e. The smallest absolute Gasteiger partial charge is 0.237 e. The quantitative estimate of drug-likeness (QED) is 0.697. The van der Waals surface area contributed by atoms with Gasteiger partial charge < -0.3 is 15.5 Å². The first-order chi connectivity index (χ1) is 8.16. The van der Waals surface area contributed by atoms with Gasteiger partial charge >= 0.3 is 0 Å². The second-order valence-corrected chi connectivity index (χ2v) is 5.07. The van der Waals surface area contributed by atoms with Gasteiger partial charge in [-0.3, -0.25) is 9.59 Å². The van der Waals surface area contributed by atoms with Crippen LogP contribution in [0.1, 0.15) is 26.2 Å². The summed E-state index contributed by atoms with van der Waals surface area (Å²) in [6.45, 7) is 5.31. The van der Waals surface area contributed by atoms with Crippen molar-refractivity contribution in [3.8, 4) is 0 Å². The molecule has 2 aliphatic heterocycles. The SMILES string of the molecule is CC1CCN(C(=O)C[C@@H]2NCCNC2=O)CC1. The second kappa shape index (κ2) is 5.49. The molecule has 0 aromatic carbocycles. The molecule has 0 aliphatic carbocycles. The maximum Gasteiger partial charge on any atom is 0.237 e. The molecule has 2 aliphatic rings. The highest BCUT2D eigenvalue weighted by molar-refractivity contribution is 5.88. The van der Waals surface area contributed by atoms with Crippen molar-refractivity contribution < 1.29 is 9.59 Å². The number of carbonyl (C=O) groups excluding carboxylic acids is 2. The van der Waals surface area contributed by atoms with E-state index in [-0.39, 0.29) is 17.9 Å². The van der Waals surface area contributed by atoms with Gasteiger partial charge in [-0.1, -0.05) is 6.92 Å². The Morgan fingerprint density at radius 3 is 2.71 bits per heavy atom. The van der Waals surface area contributed by atoms with Gasteiger partial charge in [0.2, 0.25) is 11.8 Å². The molecule has 0 aromatic rings. The van der Waals surface area contributed by atoms with Crippen molar-refractivity contribution in [3.05, 3.63) is 0 Å². The Kier molecular flexibility index (Phi) is 3.99. The molecular formula is C12H21N3O2. The van der Waals surface area contributed by atoms with E-state index < -0.39 is 0 Å². The fourth-order valence-corrected chi connectivity index (χ4v) is 2.37. The van der Waals surface area contributed by atoms with Crippen molar-refractivity contribution in [3.63, 3.8) is 0 Å². The lowest BCUT2D eigenvalue weighted by Crippen LogP contribution is -2.54. The minimum Gasteiger partial charge on any atom is -0.353 e. The summed E-state index contributed by atoms with van der Waals surface area (Å²) in [5.74, 6) is 0.775. The number of amides is 2. The van der Waals surface area contributed by atoms with Crippen LogP contribution in [0.2, 0.25) is 0 Å². The normalized spacial score (nSPS) is 26.8. The maximum atomic E-state index is 12.0. The molecule has 0 saturated carbocycles. The van der Waals surface area contributed by atoms with Crippen molar-refractivity contribution >= 4 is 11.8 Å². The molecule has 5 heteroatoms. The standard InChI is InChI=1S/C12H21N3O2/c1-9-2-6-15(7-3-9)11(16)8-10-12(17)14-5-4-13-10/h9-10,13H,2-8H2,1H3,(H,14,17)/t10-/m0/s1. The number of nitrogens with zero attached hydrogens (tertiary/aromatic N) is 1. The van der Waals surface area contributed by atoms with E-state index in [2.05, 4.69) is 17.6 Å². The zero-order valence-corrected chi connectivity index (χ0v) is 10.4. The third-order valence-electron chi connectivity index (χ3n) is 3.65. The van der Waals surface area contributed by atoms with Gasteiger partial charge in [0.25, 0.3) is 0 Å². The minimum atomic E-state index is -0.337. The Hall–Kier alpha value is -1.10. The van der Waals surface area contributed by atoms with Gasteiger partial charge in [-0.05, 0) is 18.8 Å². The highest BCUT2D eigenvalue weighted by Crippen LogP contribution is 2.17. The summed E-state index contributed by atoms with van der Waals surface area (Å²) < 4.78 is 0. The molecule has 0 spiro atoms. The molecule has 2 saturated heterocycles. The summed E-state index contributed by atoms with van der Waals surface area (Å²) in [6, 6.07) is -0.337. The van der Waals surface area contributed by atoms with E-state index in [9.17, 15) is 9.59 Å². The third-order valence-corrected chi connectivity index (χ3v) is 3.65. The average Bonchev–Trinajstić information content (AvgIpc) is 2.33. The van der Waals surface area contributed by atoms with Gasteiger partial charge in [0.05, 0.1) is 12.5 Å². The molecule has 1 atom stereocenters. The summed E-state index contributed by atoms with van der Waals surface area (Å²) in [5, 5.41) is 5.86. The first-order valence-electron chi connectivity index (χ1n) is 6.45. The summed E-state index contributed by atoms with van der Waals surface area (Å²) in [6.07, 6.45) is 2.45. The Morgan fingerprint density at radius 1 is 1.35 bits per heavy atom. The Labute approximate surface area is 102 Å². The Balaban J connectivity index is 1.82. The molecule has 2 fully saturated rings. The molecule has 0 unspecified atom stereocenters. The molecule has 17 heavy (non-hydrogen) atoms. The van der Waals surface area contributed by atoms with E-state index in [1.165, 1.54) is 0 Å². The van der Waals surface area contributed by atoms with Crippen molar-refractivity contribution in [1.29, 1.82) is 0 Å². The maximum absolute atomic E-state index is 12.0. The molecule has 2 rings (SSSR count). The predicted octanol–water partition coefficient (Wildman–Crippen LogP) is -0.277. The molecule has 0 bridgehead atoms. The van der Waals surface area contributed by atoms with E-state index in [1.807, 2.05) is 4.90 Å². The lowest BCUT2D eigenvalue weighted by Gasteiger charge is -2.32. The number of likely N-dealkylation sites (tertiary alicyclic amines) is 1. The van der Waals surface area contributed by atoms with E-state index in [0.717, 1.165) is 38.4 Å². The van der Waals surface area contributed by atoms with Crippen molar-refractivity contribution in [1.82, 2.24) is 15.5 Å². The van der Waals surface area contributed by atoms with Crippen LogP contribution in [-0.4, -0.2) is 48.9 Å². The Bertz CT molecular complexity index is 298. The molecule has 0 radical (unpaired) electrons. The zero-order chi connectivity index (χ0) is 12.3. The van der Waals surface area contributed by atoms with Crippen LogP contribution in [0.5, 0.6) is 0 Å². The number of carbonyl (C=O) groups is 2. The van der Waals surface area contributed by atoms with Crippen molar-refractivity contribution in [2.75, 3.05) is 26.2 Å². The van der Waals surface area contributed by atoms with Gasteiger partial charge in [0.15, 0.2) is 0 Å². The molecular weight excluding hydrogens is 218 g/mol. The molecule has 96 valence electrons. The van der Waals surface area contributed by atoms with E-state index in [4.69, 9.17) is 0 Å². The van der Waals surface area contributed by atoms with E-state index in [0.29, 0.717) is 13.0 Å². The van der Waals surface area contributed by atoms with Crippen molar-refractivity contribution in [2.45, 2.75) is 32.2 Å². The lowest BCUT2D eigenvalue weighted by atomic mass is 9.98. The van der Waals surface area contributed by atoms with Crippen LogP contribution in [0.15, 0.2) is 0 Å². The first kappa shape index (κ1) is 12.4. The summed E-state index contributed by atoms with van der Waals surface area (Å²) in [5.41, 5.74) is 0. The monoisotopic (exact) mass is 239 g/mol. The highest BCUT2D eigenvalue weighted by Gasteiger charge is 2.27. The van der Waals surface area contributed by atoms with Gasteiger partial charge in [-0.15, -0.1) is 0 Å². The highest BCUT2D eigenvalue weighted by atomic mass is 16.2. The molecule has 2 N–H and O–H groups in total. The topological polar surface area (TPSA) is 61.4 Å². The number of nitrogens with one attached hydrogen (secondary N) is 2. The lowest BCUT2D eigenvalue weighted by molar-refractivity contribution is -0.136. The number of hydrogen-bond donors (Lipinski definition) is 2. The van der Waals surface area contributed by atoms with Crippen LogP contribution in [0.3, 0.4) is 0 Å². The molecule has 2 amide bonds. The van der Waals surface area contributed by atoms with Crippen molar-refractivity contribution in [2.24, 2.45) is 5.92 Å². The third kappa shape index (κ3) is 3.19. The number of hydrogen-bond acceptors (Lipinski definition) is 3. The van der Waals surface area contributed by atoms with Crippen LogP contribution < -0.4 is 10.6 Å². The number of piperazine rings is 1. The molecule has 5 nitrogen and oxygen atoms in total. The van der Waals surface area contributed by atoms with Crippen LogP contribution >= 0.6 is 0 Å². The minimum absolute atomic E-state index is 0.0463.